The maximum atomic E-state index is 11.4. The van der Waals surface area contributed by atoms with Crippen LogP contribution in [0.25, 0.3) is 0 Å². The van der Waals surface area contributed by atoms with Gasteiger partial charge in [-0.25, -0.2) is 0 Å². The Morgan fingerprint density at radius 3 is 2.30 bits per heavy atom. The molecule has 6 heteroatoms. The largest absolute Gasteiger partial charge is 0.530 e. The van der Waals surface area contributed by atoms with Crippen molar-refractivity contribution in [3.63, 3.8) is 0 Å². The molecule has 20 heavy (non-hydrogen) atoms. The molecule has 0 aliphatic rings. The van der Waals surface area contributed by atoms with Gasteiger partial charge in [-0.3, -0.25) is 0 Å². The molecule has 0 spiro atoms. The van der Waals surface area contributed by atoms with Crippen molar-refractivity contribution in [2.45, 2.75) is 52.3 Å². The fourth-order valence-corrected chi connectivity index (χ4v) is 2.05. The third-order valence-electron chi connectivity index (χ3n) is 2.81. The van der Waals surface area contributed by atoms with E-state index >= 15 is 0 Å². The number of ether oxygens (including phenoxy) is 2. The molecule has 0 aliphatic heterocycles. The Labute approximate surface area is 121 Å². The van der Waals surface area contributed by atoms with Gasteiger partial charge in [-0.15, -0.1) is 0 Å². The van der Waals surface area contributed by atoms with Crippen molar-refractivity contribution in [2.75, 3.05) is 13.9 Å². The highest BCUT2D eigenvalue weighted by Crippen LogP contribution is 2.24. The molecule has 1 amide bonds. The first-order valence-corrected chi connectivity index (χ1v) is 6.58. The lowest BCUT2D eigenvalue weighted by atomic mass is 9.92. The Balaban J connectivity index is 5.11. The molecular weight excluding hydrogens is 262 g/mol. The van der Waals surface area contributed by atoms with Gasteiger partial charge in [-0.2, -0.15) is 0 Å². The molecule has 0 fully saturated rings. The van der Waals surface area contributed by atoms with Crippen LogP contribution in [0.4, 0.5) is 4.79 Å². The average molecular weight is 288 g/mol. The lowest BCUT2D eigenvalue weighted by Crippen LogP contribution is -2.61. The van der Waals surface area contributed by atoms with Crippen LogP contribution in [0.1, 0.15) is 34.6 Å². The summed E-state index contributed by atoms with van der Waals surface area (Å²) in [6.07, 6.45) is 0.413. The lowest BCUT2D eigenvalue weighted by molar-refractivity contribution is -0.276. The SMILES string of the molecule is COCOC=C[C@H](O)[C@H](C(C)C)N(C(=O)[O-])C(C)(C)C. The van der Waals surface area contributed by atoms with Gasteiger partial charge < -0.3 is 29.4 Å². The van der Waals surface area contributed by atoms with Gasteiger partial charge in [0.15, 0.2) is 6.79 Å². The highest BCUT2D eigenvalue weighted by molar-refractivity contribution is 5.64. The number of carbonyl (C=O) groups excluding carboxylic acids is 1. The van der Waals surface area contributed by atoms with Gasteiger partial charge in [-0.1, -0.05) is 13.8 Å². The van der Waals surface area contributed by atoms with Gasteiger partial charge in [0, 0.05) is 12.6 Å². The van der Waals surface area contributed by atoms with E-state index in [2.05, 4.69) is 0 Å². The van der Waals surface area contributed by atoms with Crippen molar-refractivity contribution in [2.24, 2.45) is 5.92 Å². The van der Waals surface area contributed by atoms with E-state index < -0.39 is 23.8 Å². The number of hydrogen-bond donors (Lipinski definition) is 1. The number of aliphatic hydroxyl groups is 1. The minimum absolute atomic E-state index is 0.0685. The summed E-state index contributed by atoms with van der Waals surface area (Å²) < 4.78 is 9.67. The van der Waals surface area contributed by atoms with E-state index in [0.717, 1.165) is 0 Å². The van der Waals surface area contributed by atoms with Gasteiger partial charge in [0.1, 0.15) is 6.09 Å². The first-order chi connectivity index (χ1) is 9.12. The summed E-state index contributed by atoms with van der Waals surface area (Å²) in [7, 11) is 1.48. The van der Waals surface area contributed by atoms with E-state index in [4.69, 9.17) is 9.47 Å². The third-order valence-corrected chi connectivity index (χ3v) is 2.81. The molecule has 0 unspecified atom stereocenters. The topological polar surface area (TPSA) is 82.1 Å². The maximum absolute atomic E-state index is 11.4. The highest BCUT2D eigenvalue weighted by atomic mass is 16.7. The van der Waals surface area contributed by atoms with E-state index in [1.54, 1.807) is 20.8 Å². The van der Waals surface area contributed by atoms with Crippen LogP contribution in [0, 0.1) is 5.92 Å². The molecular formula is C14H26NO5-. The molecule has 2 atom stereocenters. The Hall–Kier alpha value is -1.27. The Morgan fingerprint density at radius 1 is 1.40 bits per heavy atom. The summed E-state index contributed by atoms with van der Waals surface area (Å²) in [5.41, 5.74) is -0.671. The Kier molecular flexibility index (Phi) is 7.60. The van der Waals surface area contributed by atoms with Gasteiger partial charge in [0.25, 0.3) is 0 Å². The van der Waals surface area contributed by atoms with E-state index in [1.807, 2.05) is 13.8 Å². The van der Waals surface area contributed by atoms with Crippen molar-refractivity contribution in [1.82, 2.24) is 4.90 Å². The van der Waals surface area contributed by atoms with Gasteiger partial charge in [0.05, 0.1) is 18.4 Å². The summed E-state index contributed by atoms with van der Waals surface area (Å²) in [5.74, 6) is -0.0887. The number of carbonyl (C=O) groups is 1. The Bertz CT molecular complexity index is 322. The second-order valence-corrected chi connectivity index (χ2v) is 5.93. The monoisotopic (exact) mass is 288 g/mol. The normalized spacial score (nSPS) is 15.4. The molecule has 6 nitrogen and oxygen atoms in total. The van der Waals surface area contributed by atoms with E-state index in [9.17, 15) is 15.0 Å². The van der Waals surface area contributed by atoms with Crippen molar-refractivity contribution in [3.8, 4) is 0 Å². The molecule has 0 aromatic rings. The molecule has 1 N–H and O–H groups in total. The molecule has 0 aliphatic carbocycles. The number of aliphatic hydroxyl groups excluding tert-OH is 1. The zero-order valence-corrected chi connectivity index (χ0v) is 13.1. The van der Waals surface area contributed by atoms with Crippen molar-refractivity contribution in [3.05, 3.63) is 12.3 Å². The second-order valence-electron chi connectivity index (χ2n) is 5.93. The van der Waals surface area contributed by atoms with E-state index in [1.165, 1.54) is 24.3 Å². The summed E-state index contributed by atoms with van der Waals surface area (Å²) in [5, 5.41) is 21.6. The first kappa shape index (κ1) is 18.7. The maximum Gasteiger partial charge on any atom is 0.187 e. The van der Waals surface area contributed by atoms with Crippen LogP contribution in [0.3, 0.4) is 0 Å². The molecule has 118 valence electrons. The van der Waals surface area contributed by atoms with Crippen LogP contribution in [0.2, 0.25) is 0 Å². The van der Waals surface area contributed by atoms with Gasteiger partial charge in [-0.05, 0) is 32.8 Å². The predicted octanol–water partition coefficient (Wildman–Crippen LogP) is 0.950. The molecule has 0 bridgehead atoms. The summed E-state index contributed by atoms with van der Waals surface area (Å²) in [4.78, 5) is 12.6. The minimum atomic E-state index is -1.30. The number of nitrogens with zero attached hydrogens (tertiary/aromatic N) is 1. The fraction of sp³-hybridized carbons (Fsp3) is 0.786. The second kappa shape index (κ2) is 8.11. The standard InChI is InChI=1S/C14H27NO5/c1-10(2)12(11(16)7-8-20-9-19-6)15(13(17)18)14(3,4)5/h7-8,10-12,16H,9H2,1-6H3,(H,17,18)/p-1/t11-,12-/m0/s1. The van der Waals surface area contributed by atoms with Crippen molar-refractivity contribution < 1.29 is 24.5 Å². The zero-order valence-electron chi connectivity index (χ0n) is 13.1. The molecule has 0 aromatic carbocycles. The molecule has 0 aromatic heterocycles. The first-order valence-electron chi connectivity index (χ1n) is 6.58. The summed E-state index contributed by atoms with van der Waals surface area (Å²) in [6.45, 7) is 9.04. The highest BCUT2D eigenvalue weighted by Gasteiger charge is 2.34. The van der Waals surface area contributed by atoms with Crippen LogP contribution in [-0.2, 0) is 9.47 Å². The van der Waals surface area contributed by atoms with Crippen LogP contribution >= 0.6 is 0 Å². The average Bonchev–Trinajstić information content (AvgIpc) is 2.28. The Morgan fingerprint density at radius 2 is 1.95 bits per heavy atom. The van der Waals surface area contributed by atoms with Crippen LogP contribution in [0.5, 0.6) is 0 Å². The molecule has 0 saturated carbocycles. The van der Waals surface area contributed by atoms with Crippen molar-refractivity contribution >= 4 is 6.09 Å². The molecule has 0 heterocycles. The number of hydrogen-bond acceptors (Lipinski definition) is 5. The summed E-state index contributed by atoms with van der Waals surface area (Å²) >= 11 is 0. The van der Waals surface area contributed by atoms with Gasteiger partial charge >= 0.3 is 0 Å². The minimum Gasteiger partial charge on any atom is -0.530 e. The quantitative estimate of drug-likeness (QED) is 0.428. The van der Waals surface area contributed by atoms with Gasteiger partial charge in [0.2, 0.25) is 0 Å². The molecule has 0 radical (unpaired) electrons. The summed E-state index contributed by atoms with van der Waals surface area (Å²) in [6, 6.07) is -0.623. The zero-order chi connectivity index (χ0) is 15.9. The third kappa shape index (κ3) is 5.79. The van der Waals surface area contributed by atoms with Crippen molar-refractivity contribution in [1.29, 1.82) is 0 Å². The van der Waals surface area contributed by atoms with Crippen LogP contribution in [-0.4, -0.2) is 47.7 Å². The number of methoxy groups -OCH3 is 1. The smallest absolute Gasteiger partial charge is 0.187 e. The molecule has 0 saturated heterocycles. The van der Waals surface area contributed by atoms with Crippen LogP contribution in [0.15, 0.2) is 12.3 Å². The lowest BCUT2D eigenvalue weighted by Gasteiger charge is -2.46. The number of amides is 1. The fourth-order valence-electron chi connectivity index (χ4n) is 2.05. The van der Waals surface area contributed by atoms with E-state index in [0.29, 0.717) is 0 Å². The number of rotatable bonds is 7. The predicted molar refractivity (Wildman–Crippen MR) is 73.7 cm³/mol. The van der Waals surface area contributed by atoms with Crippen LogP contribution < -0.4 is 5.11 Å². The van der Waals surface area contributed by atoms with E-state index in [-0.39, 0.29) is 12.7 Å². The number of carboxylic acid groups (broad SMARTS) is 1. The molecule has 0 rings (SSSR count).